The highest BCUT2D eigenvalue weighted by molar-refractivity contribution is 7.80. The van der Waals surface area contributed by atoms with E-state index < -0.39 is 6.17 Å². The third-order valence-corrected chi connectivity index (χ3v) is 7.62. The number of nitrogens with one attached hydrogen (secondary N) is 5. The molecule has 1 atom stereocenters. The van der Waals surface area contributed by atoms with Crippen LogP contribution in [0.5, 0.6) is 0 Å². The maximum absolute atomic E-state index is 12.1. The third kappa shape index (κ3) is 57.1. The molecule has 13 nitrogen and oxygen atoms in total. The average molecular weight is 855 g/mol. The van der Waals surface area contributed by atoms with E-state index in [9.17, 15) is 33.2 Å². The molecule has 0 radical (unpaired) electrons. The zero-order valence-corrected chi connectivity index (χ0v) is 40.6. The molecule has 1 aliphatic rings. The molecule has 1 fully saturated rings. The first-order valence-electron chi connectivity index (χ1n) is 20.1. The van der Waals surface area contributed by atoms with Crippen LogP contribution in [-0.4, -0.2) is 112 Å². The molecule has 1 unspecified atom stereocenters. The molecule has 0 aromatic rings. The highest BCUT2D eigenvalue weighted by atomic mass is 32.1. The topological polar surface area (TPSA) is 175 Å². The SMILES string of the molecule is C.CC(=O)C(C)C.CC(C)C(=O)N(C)C.CC(C)C(=O)NC1CC1.CC(F)CNC(=O)C(C)C.CNC(=O)C(C)C.CNC(=S)C(C)C.COCCNC(=O)C(C)C. The van der Waals surface area contributed by atoms with Gasteiger partial charge in [-0.25, -0.2) is 4.39 Å². The number of Topliss-reactive ketones (excluding diaryl/α,β-unsaturated/α-hetero) is 1. The quantitative estimate of drug-likeness (QED) is 0.101. The lowest BCUT2D eigenvalue weighted by Crippen LogP contribution is -2.32. The van der Waals surface area contributed by atoms with Gasteiger partial charge in [-0.2, -0.15) is 0 Å². The van der Waals surface area contributed by atoms with Crippen LogP contribution in [0.4, 0.5) is 4.39 Å². The molecule has 0 aromatic heterocycles. The number of alkyl halides is 1. The van der Waals surface area contributed by atoms with Gasteiger partial charge in [-0.3, -0.25) is 28.8 Å². The summed E-state index contributed by atoms with van der Waals surface area (Å²) >= 11 is 4.87. The minimum atomic E-state index is -0.956. The minimum absolute atomic E-state index is 0. The number of thiocarbonyl (C=S) groups is 1. The van der Waals surface area contributed by atoms with Crippen LogP contribution in [0.3, 0.4) is 0 Å². The lowest BCUT2D eigenvalue weighted by Gasteiger charge is -2.11. The van der Waals surface area contributed by atoms with Crippen LogP contribution >= 0.6 is 12.2 Å². The summed E-state index contributed by atoms with van der Waals surface area (Å²) in [6, 6.07) is 0.514. The van der Waals surface area contributed by atoms with E-state index in [1.54, 1.807) is 53.9 Å². The number of halogens is 1. The summed E-state index contributed by atoms with van der Waals surface area (Å²) in [6.45, 7) is 30.9. The van der Waals surface area contributed by atoms with E-state index in [2.05, 4.69) is 40.4 Å². The van der Waals surface area contributed by atoms with Gasteiger partial charge in [-0.15, -0.1) is 0 Å². The van der Waals surface area contributed by atoms with E-state index in [0.717, 1.165) is 4.99 Å². The normalized spacial score (nSPS) is 11.3. The zero-order chi connectivity index (χ0) is 46.6. The Hall–Kier alpha value is -3.20. The van der Waals surface area contributed by atoms with Crippen molar-refractivity contribution in [3.63, 3.8) is 0 Å². The summed E-state index contributed by atoms with van der Waals surface area (Å²) in [4.78, 5) is 66.3. The van der Waals surface area contributed by atoms with E-state index >= 15 is 0 Å². The Balaban J connectivity index is -0.000000105. The van der Waals surface area contributed by atoms with Crippen LogP contribution in [0.1, 0.15) is 131 Å². The van der Waals surface area contributed by atoms with Gasteiger partial charge in [-0.05, 0) is 26.7 Å². The Bertz CT molecular complexity index is 1050. The highest BCUT2D eigenvalue weighted by Crippen LogP contribution is 2.18. The minimum Gasteiger partial charge on any atom is -0.383 e. The van der Waals surface area contributed by atoms with Crippen molar-refractivity contribution in [3.05, 3.63) is 0 Å². The summed E-state index contributed by atoms with van der Waals surface area (Å²) in [5.41, 5.74) is 0. The first-order valence-corrected chi connectivity index (χ1v) is 20.5. The number of hydrogen-bond donors (Lipinski definition) is 5. The summed E-state index contributed by atoms with van der Waals surface area (Å²) in [6.07, 6.45) is 1.40. The molecular weight excluding hydrogens is 764 g/mol. The van der Waals surface area contributed by atoms with E-state index in [4.69, 9.17) is 17.0 Å². The van der Waals surface area contributed by atoms with E-state index in [1.165, 1.54) is 19.8 Å². The molecule has 15 heteroatoms. The van der Waals surface area contributed by atoms with Gasteiger partial charge in [0.15, 0.2) is 0 Å². The van der Waals surface area contributed by atoms with Gasteiger partial charge < -0.3 is 36.2 Å². The predicted molar refractivity (Wildman–Crippen MR) is 245 cm³/mol. The fourth-order valence-electron chi connectivity index (χ4n) is 2.62. The van der Waals surface area contributed by atoms with Gasteiger partial charge in [0.1, 0.15) is 12.0 Å². The molecule has 0 heterocycles. The van der Waals surface area contributed by atoms with Crippen molar-refractivity contribution >= 4 is 52.5 Å². The van der Waals surface area contributed by atoms with Crippen molar-refractivity contribution in [2.45, 2.75) is 143 Å². The average Bonchev–Trinajstić information content (AvgIpc) is 3.94. The molecule has 5 amide bonds. The van der Waals surface area contributed by atoms with Gasteiger partial charge in [0.05, 0.1) is 11.6 Å². The molecule has 0 saturated heterocycles. The third-order valence-electron chi connectivity index (χ3n) is 6.95. The monoisotopic (exact) mass is 855 g/mol. The zero-order valence-electron chi connectivity index (χ0n) is 39.8. The number of ether oxygens (including phenoxy) is 1. The predicted octanol–water partition coefficient (Wildman–Crippen LogP) is 6.62. The van der Waals surface area contributed by atoms with Crippen LogP contribution in [0.15, 0.2) is 0 Å². The fourth-order valence-corrected chi connectivity index (χ4v) is 2.62. The highest BCUT2D eigenvalue weighted by Gasteiger charge is 2.23. The van der Waals surface area contributed by atoms with Gasteiger partial charge >= 0.3 is 0 Å². The van der Waals surface area contributed by atoms with E-state index in [1.807, 2.05) is 76.3 Å². The largest absolute Gasteiger partial charge is 0.383 e. The fraction of sp³-hybridized carbons (Fsp3) is 0.837. The number of carbonyl (C=O) groups is 6. The Morgan fingerprint density at radius 3 is 1.19 bits per heavy atom. The lowest BCUT2D eigenvalue weighted by atomic mass is 10.1. The molecular formula is C43H91FN6O7S. The Morgan fingerprint density at radius 1 is 0.638 bits per heavy atom. The van der Waals surface area contributed by atoms with Crippen molar-refractivity contribution in [1.82, 2.24) is 31.5 Å². The summed E-state index contributed by atoms with van der Waals surface area (Å²) < 4.78 is 16.9. The van der Waals surface area contributed by atoms with Crippen molar-refractivity contribution in [3.8, 4) is 0 Å². The van der Waals surface area contributed by atoms with Gasteiger partial charge in [0.2, 0.25) is 29.5 Å². The number of hydrogen-bond acceptors (Lipinski definition) is 8. The van der Waals surface area contributed by atoms with Crippen molar-refractivity contribution in [2.75, 3.05) is 55.0 Å². The maximum Gasteiger partial charge on any atom is 0.224 e. The molecule has 1 rings (SSSR count). The van der Waals surface area contributed by atoms with Gasteiger partial charge in [0, 0.05) is 95.9 Å². The molecule has 5 N–H and O–H groups in total. The Morgan fingerprint density at radius 2 is 1.02 bits per heavy atom. The molecule has 1 saturated carbocycles. The van der Waals surface area contributed by atoms with Crippen LogP contribution < -0.4 is 26.6 Å². The number of ketones is 1. The summed E-state index contributed by atoms with van der Waals surface area (Å²) in [7, 11) is 8.64. The molecule has 1 aliphatic carbocycles. The molecule has 0 bridgehead atoms. The first-order chi connectivity index (χ1) is 26.0. The smallest absolute Gasteiger partial charge is 0.224 e. The molecule has 0 aromatic carbocycles. The van der Waals surface area contributed by atoms with Crippen molar-refractivity contribution < 1.29 is 37.9 Å². The van der Waals surface area contributed by atoms with Crippen LogP contribution in [0.25, 0.3) is 0 Å². The maximum atomic E-state index is 12.1. The van der Waals surface area contributed by atoms with E-state index in [0.29, 0.717) is 25.1 Å². The molecule has 348 valence electrons. The number of rotatable bonds is 13. The second-order valence-corrected chi connectivity index (χ2v) is 16.2. The van der Waals surface area contributed by atoms with Crippen molar-refractivity contribution in [2.24, 2.45) is 41.4 Å². The van der Waals surface area contributed by atoms with E-state index in [-0.39, 0.29) is 84.8 Å². The standard InChI is InChI=1S/C7H14FNO.C7H15NO2.C7H13NO.C6H13NO.C5H11NO.C5H11NS.C5H10O.CH4/c1-5(2)7(10)9-4-6(3)8;1-6(2)7(9)8-4-5-10-3;1-5(2)7(9)8-6-3-4-6;1-5(2)6(8)7(3)4;2*1-4(2)5(7)6-3;1-4(2)5(3)6;/h5-6H,4H2,1-3H3,(H,9,10);6H,4-5H2,1-3H3,(H,8,9);5-6H,3-4H2,1-2H3,(H,8,9);5H,1-4H3;2*4H,1-3H3,(H,6,7);4H,1-3H3;1H4. The second kappa shape index (κ2) is 43.4. The van der Waals surface area contributed by atoms with Crippen LogP contribution in [-0.2, 0) is 33.5 Å². The molecule has 0 aliphatic heterocycles. The number of nitrogens with zero attached hydrogens (tertiary/aromatic N) is 1. The lowest BCUT2D eigenvalue weighted by molar-refractivity contribution is -0.132. The molecule has 0 spiro atoms. The summed E-state index contributed by atoms with van der Waals surface area (Å²) in [5, 5.41) is 13.5. The number of methoxy groups -OCH3 is 1. The summed E-state index contributed by atoms with van der Waals surface area (Å²) in [5.74, 6) is 1.82. The molecule has 58 heavy (non-hydrogen) atoms. The van der Waals surface area contributed by atoms with Crippen LogP contribution in [0.2, 0.25) is 0 Å². The van der Waals surface area contributed by atoms with Crippen molar-refractivity contribution in [1.29, 1.82) is 0 Å². The van der Waals surface area contributed by atoms with Gasteiger partial charge in [0.25, 0.3) is 0 Å². The number of amides is 5. The van der Waals surface area contributed by atoms with Crippen LogP contribution in [0, 0.1) is 41.4 Å². The first kappa shape index (κ1) is 69.4. The Kier molecular flexibility index (Phi) is 51.9. The van der Waals surface area contributed by atoms with Gasteiger partial charge in [-0.1, -0.05) is 117 Å². The second-order valence-electron chi connectivity index (χ2n) is 15.7. The Labute approximate surface area is 360 Å². The number of carbonyl (C=O) groups excluding carboxylic acids is 6.